The van der Waals surface area contributed by atoms with E-state index in [1.165, 1.54) is 0 Å². The molecule has 0 atom stereocenters. The first-order valence-corrected chi connectivity index (χ1v) is 11.5. The van der Waals surface area contributed by atoms with Crippen molar-refractivity contribution in [3.8, 4) is 11.5 Å². The number of ether oxygens (including phenoxy) is 2. The summed E-state index contributed by atoms with van der Waals surface area (Å²) in [5, 5.41) is 8.13. The Balaban J connectivity index is 1.84. The number of aromatic nitrogens is 1. The Hall–Kier alpha value is -2.38. The van der Waals surface area contributed by atoms with Crippen LogP contribution in [0.25, 0.3) is 0 Å². The van der Waals surface area contributed by atoms with E-state index in [4.69, 9.17) is 21.7 Å². The van der Waals surface area contributed by atoms with Crippen molar-refractivity contribution in [3.63, 3.8) is 0 Å². The molecule has 1 saturated heterocycles. The Labute approximate surface area is 197 Å². The predicted molar refractivity (Wildman–Crippen MR) is 133 cm³/mol. The number of benzene rings is 1. The second-order valence-electron chi connectivity index (χ2n) is 9.82. The fourth-order valence-corrected chi connectivity index (χ4v) is 5.18. The largest absolute Gasteiger partial charge is 0.493 e. The first kappa shape index (κ1) is 24.3. The lowest BCUT2D eigenvalue weighted by atomic mass is 9.80. The quantitative estimate of drug-likeness (QED) is 0.603. The van der Waals surface area contributed by atoms with E-state index in [0.717, 1.165) is 34.8 Å². The highest BCUT2D eigenvalue weighted by Crippen LogP contribution is 2.32. The third-order valence-electron chi connectivity index (χ3n) is 5.75. The molecular weight excluding hydrogens is 420 g/mol. The molecule has 2 N–H and O–H groups in total. The van der Waals surface area contributed by atoms with E-state index >= 15 is 0 Å². The molecule has 1 aliphatic rings. The first-order chi connectivity index (χ1) is 15.1. The van der Waals surface area contributed by atoms with E-state index in [-0.39, 0.29) is 17.1 Å². The average Bonchev–Trinajstić information content (AvgIpc) is 2.71. The van der Waals surface area contributed by atoms with E-state index < -0.39 is 0 Å². The maximum atomic E-state index is 5.95. The molecule has 1 aromatic carbocycles. The molecule has 174 valence electrons. The van der Waals surface area contributed by atoms with Crippen LogP contribution < -0.4 is 20.1 Å². The molecule has 0 radical (unpaired) electrons. The average molecular weight is 457 g/mol. The molecule has 1 aromatic heterocycles. The van der Waals surface area contributed by atoms with Crippen LogP contribution in [0.4, 0.5) is 0 Å². The predicted octanol–water partition coefficient (Wildman–Crippen LogP) is 4.28. The number of hydrogen-bond acceptors (Lipinski definition) is 5. The van der Waals surface area contributed by atoms with E-state index in [2.05, 4.69) is 60.3 Å². The second kappa shape index (κ2) is 10.0. The Bertz CT molecular complexity index is 901. The fourth-order valence-electron chi connectivity index (χ4n) is 4.89. The minimum atomic E-state index is 0.0409. The molecule has 0 unspecified atom stereocenters. The Morgan fingerprint density at radius 2 is 1.81 bits per heavy atom. The zero-order valence-corrected chi connectivity index (χ0v) is 20.9. The summed E-state index contributed by atoms with van der Waals surface area (Å²) < 4.78 is 11.2. The number of rotatable bonds is 7. The molecule has 1 fully saturated rings. The molecule has 0 spiro atoms. The van der Waals surface area contributed by atoms with Crippen LogP contribution in [0.15, 0.2) is 42.7 Å². The first-order valence-electron chi connectivity index (χ1n) is 11.1. The zero-order chi connectivity index (χ0) is 23.4. The van der Waals surface area contributed by atoms with Gasteiger partial charge in [0.15, 0.2) is 16.6 Å². The highest BCUT2D eigenvalue weighted by atomic mass is 32.1. The molecule has 2 aromatic rings. The SMILES string of the molecule is COc1cccc(CN(Cc2cccnc2)C(=S)NC2CC(C)(C)NC(C)(C)C2)c1OC. The number of hydrogen-bond donors (Lipinski definition) is 2. The van der Waals surface area contributed by atoms with Gasteiger partial charge in [0.2, 0.25) is 0 Å². The molecule has 1 aliphatic heterocycles. The van der Waals surface area contributed by atoms with E-state index in [9.17, 15) is 0 Å². The molecule has 7 heteroatoms. The van der Waals surface area contributed by atoms with Gasteiger partial charge >= 0.3 is 0 Å². The molecule has 32 heavy (non-hydrogen) atoms. The maximum Gasteiger partial charge on any atom is 0.169 e. The van der Waals surface area contributed by atoms with Crippen molar-refractivity contribution in [2.45, 2.75) is 70.7 Å². The maximum absolute atomic E-state index is 5.95. The molecule has 6 nitrogen and oxygen atoms in total. The van der Waals surface area contributed by atoms with Crippen molar-refractivity contribution < 1.29 is 9.47 Å². The van der Waals surface area contributed by atoms with Crippen molar-refractivity contribution in [1.29, 1.82) is 0 Å². The Morgan fingerprint density at radius 3 is 2.41 bits per heavy atom. The normalized spacial score (nSPS) is 17.4. The zero-order valence-electron chi connectivity index (χ0n) is 20.1. The Kier molecular flexibility index (Phi) is 7.62. The van der Waals surface area contributed by atoms with Crippen molar-refractivity contribution in [2.75, 3.05) is 14.2 Å². The van der Waals surface area contributed by atoms with Gasteiger partial charge in [-0.3, -0.25) is 4.98 Å². The monoisotopic (exact) mass is 456 g/mol. The van der Waals surface area contributed by atoms with Crippen LogP contribution in [0.1, 0.15) is 51.7 Å². The Morgan fingerprint density at radius 1 is 1.09 bits per heavy atom. The summed E-state index contributed by atoms with van der Waals surface area (Å²) in [6.07, 6.45) is 5.67. The number of nitrogens with one attached hydrogen (secondary N) is 2. The standard InChI is InChI=1S/C25H36N4O2S/c1-24(2)13-20(14-25(3,4)28-24)27-23(32)29(16-18-9-8-12-26-15-18)17-19-10-7-11-21(30-5)22(19)31-6/h7-12,15,20,28H,13-14,16-17H2,1-6H3,(H,27,32). The van der Waals surface area contributed by atoms with Gasteiger partial charge in [-0.05, 0) is 70.5 Å². The lowest BCUT2D eigenvalue weighted by Crippen LogP contribution is -2.62. The van der Waals surface area contributed by atoms with Crippen LogP contribution in [-0.4, -0.2) is 46.3 Å². The van der Waals surface area contributed by atoms with Gasteiger partial charge in [0.1, 0.15) is 0 Å². The number of nitrogens with zero attached hydrogens (tertiary/aromatic N) is 2. The summed E-state index contributed by atoms with van der Waals surface area (Å²) in [4.78, 5) is 6.45. The van der Waals surface area contributed by atoms with E-state index in [1.807, 2.05) is 24.4 Å². The van der Waals surface area contributed by atoms with Crippen LogP contribution in [0.2, 0.25) is 0 Å². The highest BCUT2D eigenvalue weighted by Gasteiger charge is 2.38. The summed E-state index contributed by atoms with van der Waals surface area (Å²) in [6.45, 7) is 10.2. The van der Waals surface area contributed by atoms with Gasteiger partial charge in [-0.1, -0.05) is 18.2 Å². The van der Waals surface area contributed by atoms with Crippen LogP contribution in [0, 0.1) is 0 Å². The summed E-state index contributed by atoms with van der Waals surface area (Å²) in [5.74, 6) is 1.45. The van der Waals surface area contributed by atoms with Gasteiger partial charge in [0.25, 0.3) is 0 Å². The number of thiocarbonyl (C=S) groups is 1. The van der Waals surface area contributed by atoms with E-state index in [1.54, 1.807) is 20.4 Å². The summed E-state index contributed by atoms with van der Waals surface area (Å²) >= 11 is 5.95. The molecule has 0 saturated carbocycles. The topological polar surface area (TPSA) is 58.7 Å². The van der Waals surface area contributed by atoms with E-state index in [0.29, 0.717) is 18.8 Å². The van der Waals surface area contributed by atoms with Gasteiger partial charge in [-0.2, -0.15) is 0 Å². The van der Waals surface area contributed by atoms with Gasteiger partial charge < -0.3 is 25.0 Å². The van der Waals surface area contributed by atoms with Crippen LogP contribution in [0.5, 0.6) is 11.5 Å². The molecule has 3 rings (SSSR count). The minimum absolute atomic E-state index is 0.0409. The second-order valence-corrected chi connectivity index (χ2v) is 10.2. The van der Waals surface area contributed by atoms with Crippen molar-refractivity contribution >= 4 is 17.3 Å². The molecule has 2 heterocycles. The summed E-state index contributed by atoms with van der Waals surface area (Å²) in [5.41, 5.74) is 2.20. The highest BCUT2D eigenvalue weighted by molar-refractivity contribution is 7.80. The lowest BCUT2D eigenvalue weighted by molar-refractivity contribution is 0.153. The molecule has 0 bridgehead atoms. The summed E-state index contributed by atoms with van der Waals surface area (Å²) in [6, 6.07) is 10.3. The van der Waals surface area contributed by atoms with Gasteiger partial charge in [-0.15, -0.1) is 0 Å². The van der Waals surface area contributed by atoms with Gasteiger partial charge in [-0.25, -0.2) is 0 Å². The molecule has 0 amide bonds. The fraction of sp³-hybridized carbons (Fsp3) is 0.520. The third kappa shape index (κ3) is 6.33. The number of piperidine rings is 1. The number of methoxy groups -OCH3 is 2. The smallest absolute Gasteiger partial charge is 0.169 e. The number of pyridine rings is 1. The van der Waals surface area contributed by atoms with Crippen LogP contribution in [0.3, 0.4) is 0 Å². The van der Waals surface area contributed by atoms with Crippen LogP contribution in [-0.2, 0) is 13.1 Å². The van der Waals surface area contributed by atoms with Crippen molar-refractivity contribution in [3.05, 3.63) is 53.9 Å². The number of para-hydroxylation sites is 1. The van der Waals surface area contributed by atoms with Crippen LogP contribution >= 0.6 is 12.2 Å². The lowest BCUT2D eigenvalue weighted by Gasteiger charge is -2.47. The molecular formula is C25H36N4O2S. The minimum Gasteiger partial charge on any atom is -0.493 e. The van der Waals surface area contributed by atoms with Crippen molar-refractivity contribution in [1.82, 2.24) is 20.5 Å². The third-order valence-corrected chi connectivity index (χ3v) is 6.12. The van der Waals surface area contributed by atoms with Gasteiger partial charge in [0.05, 0.1) is 14.2 Å². The van der Waals surface area contributed by atoms with Crippen molar-refractivity contribution in [2.24, 2.45) is 0 Å². The van der Waals surface area contributed by atoms with Gasteiger partial charge in [0, 0.05) is 48.2 Å². The summed E-state index contributed by atoms with van der Waals surface area (Å²) in [7, 11) is 3.32. The molecule has 0 aliphatic carbocycles.